The van der Waals surface area contributed by atoms with Gasteiger partial charge in [0, 0.05) is 17.1 Å². The van der Waals surface area contributed by atoms with Crippen LogP contribution in [0.1, 0.15) is 30.5 Å². The second-order valence-corrected chi connectivity index (χ2v) is 5.53. The number of rotatable bonds is 4. The fourth-order valence-corrected chi connectivity index (χ4v) is 3.41. The molecule has 1 unspecified atom stereocenters. The van der Waals surface area contributed by atoms with Gasteiger partial charge in [-0.1, -0.05) is 6.92 Å². The highest BCUT2D eigenvalue weighted by molar-refractivity contribution is 7.20. The Labute approximate surface area is 104 Å². The lowest BCUT2D eigenvalue weighted by Gasteiger charge is -2.09. The number of aryl methyl sites for hydroxylation is 1. The van der Waals surface area contributed by atoms with Crippen LogP contribution in [0, 0.1) is 6.92 Å². The van der Waals surface area contributed by atoms with Crippen molar-refractivity contribution < 1.29 is 0 Å². The van der Waals surface area contributed by atoms with Crippen LogP contribution in [0.2, 0.25) is 0 Å². The van der Waals surface area contributed by atoms with Crippen molar-refractivity contribution in [3.63, 3.8) is 0 Å². The molecule has 3 nitrogen and oxygen atoms in total. The fraction of sp³-hybridized carbons (Fsp3) is 0.455. The standard InChI is InChI=1S/C11H15N3S2/c1-4-13-7(2)10-8(3)14-11(16-10)9-5-12-6-15-9/h5-7,13H,4H2,1-3H3. The summed E-state index contributed by atoms with van der Waals surface area (Å²) in [7, 11) is 0. The molecule has 0 aliphatic rings. The van der Waals surface area contributed by atoms with Crippen LogP contribution < -0.4 is 5.32 Å². The van der Waals surface area contributed by atoms with Crippen LogP contribution >= 0.6 is 22.7 Å². The van der Waals surface area contributed by atoms with E-state index in [1.807, 2.05) is 11.7 Å². The summed E-state index contributed by atoms with van der Waals surface area (Å²) in [5.41, 5.74) is 2.97. The maximum absolute atomic E-state index is 4.61. The number of hydrogen-bond acceptors (Lipinski definition) is 5. The molecule has 86 valence electrons. The van der Waals surface area contributed by atoms with Crippen molar-refractivity contribution in [2.75, 3.05) is 6.54 Å². The molecule has 0 aliphatic heterocycles. The molecule has 0 saturated carbocycles. The van der Waals surface area contributed by atoms with Crippen molar-refractivity contribution in [2.24, 2.45) is 0 Å². The van der Waals surface area contributed by atoms with Gasteiger partial charge < -0.3 is 5.32 Å². The lowest BCUT2D eigenvalue weighted by atomic mass is 10.2. The third kappa shape index (κ3) is 2.31. The van der Waals surface area contributed by atoms with E-state index in [1.165, 1.54) is 4.88 Å². The number of aromatic nitrogens is 2. The molecule has 16 heavy (non-hydrogen) atoms. The fourth-order valence-electron chi connectivity index (χ4n) is 1.64. The Balaban J connectivity index is 2.28. The molecule has 0 amide bonds. The minimum absolute atomic E-state index is 0.379. The minimum atomic E-state index is 0.379. The first-order valence-corrected chi connectivity index (χ1v) is 7.01. The molecule has 2 aromatic heterocycles. The van der Waals surface area contributed by atoms with Crippen molar-refractivity contribution in [1.82, 2.24) is 15.3 Å². The topological polar surface area (TPSA) is 37.8 Å². The number of thiazole rings is 2. The van der Waals surface area contributed by atoms with Gasteiger partial charge in [-0.05, 0) is 20.4 Å². The third-order valence-electron chi connectivity index (χ3n) is 2.38. The van der Waals surface area contributed by atoms with E-state index in [0.717, 1.165) is 22.1 Å². The zero-order chi connectivity index (χ0) is 11.5. The second-order valence-electron chi connectivity index (χ2n) is 3.61. The van der Waals surface area contributed by atoms with Gasteiger partial charge in [-0.25, -0.2) is 4.98 Å². The summed E-state index contributed by atoms with van der Waals surface area (Å²) in [4.78, 5) is 11.2. The Kier molecular flexibility index (Phi) is 3.68. The molecule has 2 heterocycles. The molecule has 0 radical (unpaired) electrons. The summed E-state index contributed by atoms with van der Waals surface area (Å²) in [6.07, 6.45) is 1.88. The summed E-state index contributed by atoms with van der Waals surface area (Å²) < 4.78 is 0. The van der Waals surface area contributed by atoms with Crippen molar-refractivity contribution in [3.8, 4) is 9.88 Å². The van der Waals surface area contributed by atoms with Crippen LogP contribution in [0.15, 0.2) is 11.7 Å². The van der Waals surface area contributed by atoms with Crippen LogP contribution in [0.4, 0.5) is 0 Å². The first-order chi connectivity index (χ1) is 7.72. The number of nitrogens with zero attached hydrogens (tertiary/aromatic N) is 2. The van der Waals surface area contributed by atoms with E-state index in [4.69, 9.17) is 0 Å². The molecule has 0 aromatic carbocycles. The van der Waals surface area contributed by atoms with E-state index in [-0.39, 0.29) is 0 Å². The highest BCUT2D eigenvalue weighted by Crippen LogP contribution is 2.33. The molecular formula is C11H15N3S2. The highest BCUT2D eigenvalue weighted by atomic mass is 32.1. The normalized spacial score (nSPS) is 12.9. The number of nitrogens with one attached hydrogen (secondary N) is 1. The summed E-state index contributed by atoms with van der Waals surface area (Å²) in [6.45, 7) is 7.36. The van der Waals surface area contributed by atoms with Crippen molar-refractivity contribution in [2.45, 2.75) is 26.8 Å². The van der Waals surface area contributed by atoms with Gasteiger partial charge in [-0.15, -0.1) is 22.7 Å². The maximum Gasteiger partial charge on any atom is 0.135 e. The van der Waals surface area contributed by atoms with Crippen molar-refractivity contribution in [1.29, 1.82) is 0 Å². The van der Waals surface area contributed by atoms with Gasteiger partial charge in [0.1, 0.15) is 5.01 Å². The van der Waals surface area contributed by atoms with Crippen LogP contribution in [-0.4, -0.2) is 16.5 Å². The van der Waals surface area contributed by atoms with E-state index in [0.29, 0.717) is 6.04 Å². The summed E-state index contributed by atoms with van der Waals surface area (Å²) in [5.74, 6) is 0. The van der Waals surface area contributed by atoms with Gasteiger partial charge in [0.05, 0.1) is 16.1 Å². The average molecular weight is 253 g/mol. The predicted octanol–water partition coefficient (Wildman–Crippen LogP) is 3.25. The van der Waals surface area contributed by atoms with Crippen LogP contribution in [0.25, 0.3) is 9.88 Å². The Morgan fingerprint density at radius 2 is 2.31 bits per heavy atom. The Hall–Kier alpha value is -0.780. The van der Waals surface area contributed by atoms with Gasteiger partial charge in [0.2, 0.25) is 0 Å². The summed E-state index contributed by atoms with van der Waals surface area (Å²) >= 11 is 3.40. The van der Waals surface area contributed by atoms with Crippen molar-refractivity contribution >= 4 is 22.7 Å². The highest BCUT2D eigenvalue weighted by Gasteiger charge is 2.14. The molecule has 1 N–H and O–H groups in total. The molecule has 0 fully saturated rings. The van der Waals surface area contributed by atoms with Gasteiger partial charge in [-0.3, -0.25) is 4.98 Å². The second kappa shape index (κ2) is 5.03. The third-order valence-corrected chi connectivity index (χ3v) is 4.66. The Bertz CT molecular complexity index is 448. The molecule has 2 rings (SSSR count). The van der Waals surface area contributed by atoms with Gasteiger partial charge in [-0.2, -0.15) is 0 Å². The van der Waals surface area contributed by atoms with E-state index >= 15 is 0 Å². The Morgan fingerprint density at radius 3 is 2.94 bits per heavy atom. The zero-order valence-corrected chi connectivity index (χ0v) is 11.3. The van der Waals surface area contributed by atoms with E-state index in [9.17, 15) is 0 Å². The lowest BCUT2D eigenvalue weighted by Crippen LogP contribution is -2.17. The quantitative estimate of drug-likeness (QED) is 0.909. The molecule has 0 spiro atoms. The van der Waals surface area contributed by atoms with E-state index in [2.05, 4.69) is 36.1 Å². The predicted molar refractivity (Wildman–Crippen MR) is 70.1 cm³/mol. The molecule has 1 atom stereocenters. The summed E-state index contributed by atoms with van der Waals surface area (Å²) in [5, 5.41) is 4.50. The summed E-state index contributed by atoms with van der Waals surface area (Å²) in [6, 6.07) is 0.379. The largest absolute Gasteiger partial charge is 0.310 e. The monoisotopic (exact) mass is 253 g/mol. The van der Waals surface area contributed by atoms with Crippen LogP contribution in [0.3, 0.4) is 0 Å². The smallest absolute Gasteiger partial charge is 0.135 e. The lowest BCUT2D eigenvalue weighted by molar-refractivity contribution is 0.603. The van der Waals surface area contributed by atoms with Crippen LogP contribution in [-0.2, 0) is 0 Å². The minimum Gasteiger partial charge on any atom is -0.310 e. The first-order valence-electron chi connectivity index (χ1n) is 5.32. The zero-order valence-electron chi connectivity index (χ0n) is 9.65. The van der Waals surface area contributed by atoms with E-state index in [1.54, 1.807) is 22.7 Å². The average Bonchev–Trinajstić information content (AvgIpc) is 2.86. The van der Waals surface area contributed by atoms with Gasteiger partial charge in [0.25, 0.3) is 0 Å². The molecule has 0 aliphatic carbocycles. The SMILES string of the molecule is CCNC(C)c1sc(-c2cncs2)nc1C. The first kappa shape index (κ1) is 11.7. The molecular weight excluding hydrogens is 238 g/mol. The number of hydrogen-bond donors (Lipinski definition) is 1. The molecule has 2 aromatic rings. The van der Waals surface area contributed by atoms with Gasteiger partial charge in [0.15, 0.2) is 0 Å². The molecule has 0 saturated heterocycles. The maximum atomic E-state index is 4.61. The Morgan fingerprint density at radius 1 is 1.50 bits per heavy atom. The van der Waals surface area contributed by atoms with Gasteiger partial charge >= 0.3 is 0 Å². The van der Waals surface area contributed by atoms with E-state index < -0.39 is 0 Å². The van der Waals surface area contributed by atoms with Crippen LogP contribution in [0.5, 0.6) is 0 Å². The van der Waals surface area contributed by atoms with Crippen molar-refractivity contribution in [3.05, 3.63) is 22.3 Å². The molecule has 0 bridgehead atoms. The molecule has 5 heteroatoms.